The molecular formula is C16H13BrN2O2. The largest absolute Gasteiger partial charge is 0.444 e. The van der Waals surface area contributed by atoms with Gasteiger partial charge in [-0.2, -0.15) is 5.26 Å². The van der Waals surface area contributed by atoms with Gasteiger partial charge in [0.05, 0.1) is 6.07 Å². The van der Waals surface area contributed by atoms with E-state index in [2.05, 4.69) is 15.9 Å². The summed E-state index contributed by atoms with van der Waals surface area (Å²) >= 11 is 3.33. The minimum atomic E-state index is -0.539. The Bertz CT molecular complexity index is 636. The number of amides is 1. The molecule has 0 aliphatic heterocycles. The fourth-order valence-corrected chi connectivity index (χ4v) is 2.01. The second-order valence-corrected chi connectivity index (χ2v) is 5.18. The highest BCUT2D eigenvalue weighted by Crippen LogP contribution is 2.19. The van der Waals surface area contributed by atoms with Gasteiger partial charge in [-0.1, -0.05) is 46.3 Å². The average Bonchev–Trinajstić information content (AvgIpc) is 2.52. The molecule has 0 aliphatic carbocycles. The van der Waals surface area contributed by atoms with E-state index in [1.807, 2.05) is 48.5 Å². The summed E-state index contributed by atoms with van der Waals surface area (Å²) < 4.78 is 6.16. The van der Waals surface area contributed by atoms with Crippen LogP contribution in [-0.2, 0) is 11.3 Å². The first-order valence-electron chi connectivity index (χ1n) is 6.31. The number of rotatable bonds is 4. The van der Waals surface area contributed by atoms with Crippen LogP contribution in [0.15, 0.2) is 59.1 Å². The van der Waals surface area contributed by atoms with Crippen molar-refractivity contribution in [3.05, 3.63) is 64.6 Å². The van der Waals surface area contributed by atoms with Gasteiger partial charge < -0.3 is 4.74 Å². The van der Waals surface area contributed by atoms with Crippen molar-refractivity contribution in [3.8, 4) is 6.07 Å². The number of ether oxygens (including phenoxy) is 1. The predicted octanol–water partition coefficient (Wildman–Crippen LogP) is 4.12. The van der Waals surface area contributed by atoms with E-state index in [1.54, 1.807) is 12.1 Å². The molecule has 0 radical (unpaired) electrons. The van der Waals surface area contributed by atoms with Crippen LogP contribution in [0.2, 0.25) is 0 Å². The molecule has 0 atom stereocenters. The average molecular weight is 345 g/mol. The Morgan fingerprint density at radius 1 is 1.14 bits per heavy atom. The SMILES string of the molecule is N#CCN(C(=O)OCc1ccccc1)c1ccc(Br)cc1. The Morgan fingerprint density at radius 3 is 2.43 bits per heavy atom. The number of nitrogens with zero attached hydrogens (tertiary/aromatic N) is 2. The van der Waals surface area contributed by atoms with Crippen molar-refractivity contribution >= 4 is 27.7 Å². The molecule has 106 valence electrons. The molecule has 21 heavy (non-hydrogen) atoms. The van der Waals surface area contributed by atoms with Gasteiger partial charge >= 0.3 is 6.09 Å². The van der Waals surface area contributed by atoms with E-state index in [4.69, 9.17) is 10.00 Å². The standard InChI is InChI=1S/C16H13BrN2O2/c17-14-6-8-15(9-7-14)19(11-10-18)16(20)21-12-13-4-2-1-3-5-13/h1-9H,11-12H2. The maximum atomic E-state index is 12.1. The van der Waals surface area contributed by atoms with E-state index in [0.717, 1.165) is 10.0 Å². The molecule has 2 aromatic carbocycles. The Labute approximate surface area is 131 Å². The van der Waals surface area contributed by atoms with E-state index in [-0.39, 0.29) is 13.2 Å². The summed E-state index contributed by atoms with van der Waals surface area (Å²) in [6, 6.07) is 18.5. The zero-order valence-electron chi connectivity index (χ0n) is 11.2. The Balaban J connectivity index is 2.06. The molecule has 2 rings (SSSR count). The second-order valence-electron chi connectivity index (χ2n) is 4.26. The van der Waals surface area contributed by atoms with Crippen molar-refractivity contribution in [3.63, 3.8) is 0 Å². The lowest BCUT2D eigenvalue weighted by atomic mass is 10.2. The van der Waals surface area contributed by atoms with Crippen molar-refractivity contribution in [1.82, 2.24) is 0 Å². The van der Waals surface area contributed by atoms with E-state index in [1.165, 1.54) is 4.90 Å². The molecule has 0 saturated heterocycles. The maximum absolute atomic E-state index is 12.1. The summed E-state index contributed by atoms with van der Waals surface area (Å²) in [7, 11) is 0. The van der Waals surface area contributed by atoms with E-state index >= 15 is 0 Å². The Hall–Kier alpha value is -2.32. The van der Waals surface area contributed by atoms with Crippen molar-refractivity contribution in [2.75, 3.05) is 11.4 Å². The predicted molar refractivity (Wildman–Crippen MR) is 83.7 cm³/mol. The van der Waals surface area contributed by atoms with Crippen LogP contribution >= 0.6 is 15.9 Å². The molecule has 0 fully saturated rings. The van der Waals surface area contributed by atoms with Gasteiger partial charge in [-0.25, -0.2) is 4.79 Å². The Morgan fingerprint density at radius 2 is 1.81 bits per heavy atom. The molecular weight excluding hydrogens is 332 g/mol. The molecule has 0 N–H and O–H groups in total. The van der Waals surface area contributed by atoms with Gasteiger partial charge in [-0.05, 0) is 29.8 Å². The lowest BCUT2D eigenvalue weighted by Gasteiger charge is -2.19. The zero-order valence-corrected chi connectivity index (χ0v) is 12.8. The zero-order chi connectivity index (χ0) is 15.1. The molecule has 0 saturated carbocycles. The second kappa shape index (κ2) is 7.46. The lowest BCUT2D eigenvalue weighted by Crippen LogP contribution is -2.31. The number of anilines is 1. The minimum absolute atomic E-state index is 0.0603. The minimum Gasteiger partial charge on any atom is -0.444 e. The molecule has 0 aliphatic rings. The van der Waals surface area contributed by atoms with Crippen LogP contribution in [0.25, 0.3) is 0 Å². The first kappa shape index (κ1) is 15.1. The van der Waals surface area contributed by atoms with Gasteiger partial charge in [0.25, 0.3) is 0 Å². The molecule has 1 amide bonds. The van der Waals surface area contributed by atoms with Gasteiger partial charge in [0, 0.05) is 10.2 Å². The van der Waals surface area contributed by atoms with Crippen LogP contribution in [0.4, 0.5) is 10.5 Å². The molecule has 4 nitrogen and oxygen atoms in total. The molecule has 0 unspecified atom stereocenters. The fourth-order valence-electron chi connectivity index (χ4n) is 1.75. The van der Waals surface area contributed by atoms with Gasteiger partial charge in [0.15, 0.2) is 0 Å². The highest BCUT2D eigenvalue weighted by molar-refractivity contribution is 9.10. The summed E-state index contributed by atoms with van der Waals surface area (Å²) in [4.78, 5) is 13.4. The molecule has 5 heteroatoms. The van der Waals surface area contributed by atoms with E-state index in [0.29, 0.717) is 5.69 Å². The summed E-state index contributed by atoms with van der Waals surface area (Å²) in [5.74, 6) is 0. The number of carbonyl (C=O) groups is 1. The van der Waals surface area contributed by atoms with E-state index < -0.39 is 6.09 Å². The van der Waals surface area contributed by atoms with Crippen LogP contribution < -0.4 is 4.90 Å². The summed E-state index contributed by atoms with van der Waals surface area (Å²) in [5.41, 5.74) is 1.52. The molecule has 0 heterocycles. The number of hydrogen-bond acceptors (Lipinski definition) is 3. The molecule has 0 bridgehead atoms. The molecule has 0 aromatic heterocycles. The quantitative estimate of drug-likeness (QED) is 0.784. The third-order valence-electron chi connectivity index (χ3n) is 2.79. The van der Waals surface area contributed by atoms with Crippen LogP contribution in [-0.4, -0.2) is 12.6 Å². The number of carbonyl (C=O) groups excluding carboxylic acids is 1. The van der Waals surface area contributed by atoms with Crippen molar-refractivity contribution in [2.24, 2.45) is 0 Å². The smallest absolute Gasteiger partial charge is 0.415 e. The first-order chi connectivity index (χ1) is 10.2. The molecule has 2 aromatic rings. The normalized spacial score (nSPS) is 9.71. The first-order valence-corrected chi connectivity index (χ1v) is 7.11. The molecule has 0 spiro atoms. The topological polar surface area (TPSA) is 53.3 Å². The fraction of sp³-hybridized carbons (Fsp3) is 0.125. The number of benzene rings is 2. The van der Waals surface area contributed by atoms with Crippen molar-refractivity contribution in [2.45, 2.75) is 6.61 Å². The number of halogens is 1. The number of hydrogen-bond donors (Lipinski definition) is 0. The van der Waals surface area contributed by atoms with Crippen LogP contribution in [0.3, 0.4) is 0 Å². The van der Waals surface area contributed by atoms with Gasteiger partial charge in [0.2, 0.25) is 0 Å². The Kier molecular flexibility index (Phi) is 5.35. The highest BCUT2D eigenvalue weighted by atomic mass is 79.9. The lowest BCUT2D eigenvalue weighted by molar-refractivity contribution is 0.148. The maximum Gasteiger partial charge on any atom is 0.415 e. The van der Waals surface area contributed by atoms with Gasteiger partial charge in [0.1, 0.15) is 13.2 Å². The van der Waals surface area contributed by atoms with Gasteiger partial charge in [-0.3, -0.25) is 4.90 Å². The summed E-state index contributed by atoms with van der Waals surface area (Å²) in [6.07, 6.45) is -0.539. The van der Waals surface area contributed by atoms with Crippen LogP contribution in [0, 0.1) is 11.3 Å². The van der Waals surface area contributed by atoms with E-state index in [9.17, 15) is 4.79 Å². The number of nitriles is 1. The highest BCUT2D eigenvalue weighted by Gasteiger charge is 2.16. The van der Waals surface area contributed by atoms with Crippen LogP contribution in [0.1, 0.15) is 5.56 Å². The summed E-state index contributed by atoms with van der Waals surface area (Å²) in [6.45, 7) is 0.118. The summed E-state index contributed by atoms with van der Waals surface area (Å²) in [5, 5.41) is 8.88. The van der Waals surface area contributed by atoms with Crippen molar-refractivity contribution in [1.29, 1.82) is 5.26 Å². The third kappa shape index (κ3) is 4.33. The van der Waals surface area contributed by atoms with Crippen LogP contribution in [0.5, 0.6) is 0 Å². The third-order valence-corrected chi connectivity index (χ3v) is 3.32. The monoisotopic (exact) mass is 344 g/mol. The van der Waals surface area contributed by atoms with Gasteiger partial charge in [-0.15, -0.1) is 0 Å². The van der Waals surface area contributed by atoms with Crippen molar-refractivity contribution < 1.29 is 9.53 Å².